The zero-order valence-corrected chi connectivity index (χ0v) is 12.0. The van der Waals surface area contributed by atoms with Crippen LogP contribution in [0, 0.1) is 0 Å². The summed E-state index contributed by atoms with van der Waals surface area (Å²) in [7, 11) is 0. The van der Waals surface area contributed by atoms with Gasteiger partial charge in [0.15, 0.2) is 0 Å². The maximum atomic E-state index is 12.0. The topological polar surface area (TPSA) is 41.6 Å². The number of anilines is 1. The maximum absolute atomic E-state index is 12.0. The van der Waals surface area contributed by atoms with Crippen molar-refractivity contribution in [2.45, 2.75) is 19.4 Å². The summed E-state index contributed by atoms with van der Waals surface area (Å²) in [5.74, 6) is -0.0139. The summed E-state index contributed by atoms with van der Waals surface area (Å²) in [4.78, 5) is 14.1. The second-order valence-electron chi connectivity index (χ2n) is 5.37. The summed E-state index contributed by atoms with van der Waals surface area (Å²) < 4.78 is 5.62. The summed E-state index contributed by atoms with van der Waals surface area (Å²) in [6.07, 6.45) is 0. The molecule has 0 atom stereocenters. The number of nitrogens with zero attached hydrogens (tertiary/aromatic N) is 1. The molecule has 1 saturated heterocycles. The van der Waals surface area contributed by atoms with E-state index in [0.29, 0.717) is 18.2 Å². The molecule has 1 heterocycles. The molecular weight excluding hydrogens is 264 g/mol. The van der Waals surface area contributed by atoms with Gasteiger partial charge in [0, 0.05) is 23.8 Å². The third-order valence-corrected chi connectivity index (χ3v) is 3.25. The van der Waals surface area contributed by atoms with Crippen molar-refractivity contribution in [2.24, 2.45) is 0 Å². The lowest BCUT2D eigenvalue weighted by molar-refractivity contribution is -0.122. The third-order valence-electron chi connectivity index (χ3n) is 3.00. The Kier molecular flexibility index (Phi) is 4.45. The van der Waals surface area contributed by atoms with Crippen LogP contribution in [0.25, 0.3) is 0 Å². The van der Waals surface area contributed by atoms with Crippen molar-refractivity contribution in [3.63, 3.8) is 0 Å². The number of hydrogen-bond donors (Lipinski definition) is 1. The molecule has 5 heteroatoms. The van der Waals surface area contributed by atoms with E-state index in [9.17, 15) is 4.79 Å². The predicted octanol–water partition coefficient (Wildman–Crippen LogP) is 2.39. The second kappa shape index (κ2) is 5.90. The van der Waals surface area contributed by atoms with Crippen LogP contribution in [0.5, 0.6) is 0 Å². The minimum atomic E-state index is -0.182. The molecule has 1 amide bonds. The van der Waals surface area contributed by atoms with E-state index in [1.807, 2.05) is 13.8 Å². The number of halogens is 1. The number of amides is 1. The number of ether oxygens (including phenoxy) is 1. The van der Waals surface area contributed by atoms with E-state index in [1.54, 1.807) is 24.3 Å². The van der Waals surface area contributed by atoms with Gasteiger partial charge in [0.05, 0.1) is 18.8 Å². The van der Waals surface area contributed by atoms with Crippen LogP contribution in [0.15, 0.2) is 24.3 Å². The molecule has 0 aliphatic carbocycles. The van der Waals surface area contributed by atoms with Crippen molar-refractivity contribution >= 4 is 23.2 Å². The van der Waals surface area contributed by atoms with Crippen molar-refractivity contribution < 1.29 is 9.53 Å². The molecule has 4 nitrogen and oxygen atoms in total. The van der Waals surface area contributed by atoms with E-state index in [4.69, 9.17) is 16.3 Å². The minimum Gasteiger partial charge on any atom is -0.373 e. The zero-order chi connectivity index (χ0) is 13.9. The Bertz CT molecular complexity index is 445. The van der Waals surface area contributed by atoms with Crippen LogP contribution in [-0.4, -0.2) is 42.6 Å². The van der Waals surface area contributed by atoms with Gasteiger partial charge >= 0.3 is 0 Å². The smallest absolute Gasteiger partial charge is 0.238 e. The van der Waals surface area contributed by atoms with Gasteiger partial charge in [0.1, 0.15) is 0 Å². The Hall–Kier alpha value is -1.10. The quantitative estimate of drug-likeness (QED) is 0.926. The predicted molar refractivity (Wildman–Crippen MR) is 76.6 cm³/mol. The molecule has 1 aromatic rings. The summed E-state index contributed by atoms with van der Waals surface area (Å²) in [6, 6.07) is 7.11. The molecule has 1 aliphatic rings. The summed E-state index contributed by atoms with van der Waals surface area (Å²) in [5, 5.41) is 3.52. The van der Waals surface area contributed by atoms with Gasteiger partial charge in [-0.1, -0.05) is 11.6 Å². The van der Waals surface area contributed by atoms with Crippen molar-refractivity contribution in [1.29, 1.82) is 0 Å². The Labute approximate surface area is 118 Å². The normalized spacial score (nSPS) is 19.1. The van der Waals surface area contributed by atoms with Gasteiger partial charge in [0.25, 0.3) is 0 Å². The number of carbonyl (C=O) groups excluding carboxylic acids is 1. The van der Waals surface area contributed by atoms with Gasteiger partial charge in [-0.05, 0) is 38.1 Å². The van der Waals surface area contributed by atoms with Crippen molar-refractivity contribution in [1.82, 2.24) is 4.90 Å². The molecule has 1 aliphatic heterocycles. The lowest BCUT2D eigenvalue weighted by Crippen LogP contribution is -2.50. The maximum Gasteiger partial charge on any atom is 0.238 e. The first-order valence-electron chi connectivity index (χ1n) is 6.36. The fraction of sp³-hybridized carbons (Fsp3) is 0.500. The Morgan fingerprint density at radius 2 is 2.11 bits per heavy atom. The number of carbonyl (C=O) groups is 1. The number of nitrogens with one attached hydrogen (secondary N) is 1. The highest BCUT2D eigenvalue weighted by atomic mass is 35.5. The van der Waals surface area contributed by atoms with E-state index < -0.39 is 0 Å². The first kappa shape index (κ1) is 14.3. The van der Waals surface area contributed by atoms with Crippen LogP contribution >= 0.6 is 11.6 Å². The average Bonchev–Trinajstić information content (AvgIpc) is 2.30. The van der Waals surface area contributed by atoms with Gasteiger partial charge in [0.2, 0.25) is 5.91 Å². The molecule has 19 heavy (non-hydrogen) atoms. The number of hydrogen-bond acceptors (Lipinski definition) is 3. The van der Waals surface area contributed by atoms with E-state index in [-0.39, 0.29) is 11.5 Å². The van der Waals surface area contributed by atoms with Crippen LogP contribution in [0.3, 0.4) is 0 Å². The van der Waals surface area contributed by atoms with E-state index >= 15 is 0 Å². The Morgan fingerprint density at radius 1 is 1.42 bits per heavy atom. The highest BCUT2D eigenvalue weighted by Crippen LogP contribution is 2.17. The summed E-state index contributed by atoms with van der Waals surface area (Å²) in [6.45, 7) is 6.68. The molecule has 1 fully saturated rings. The van der Waals surface area contributed by atoms with Crippen LogP contribution in [0.1, 0.15) is 13.8 Å². The highest BCUT2D eigenvalue weighted by molar-refractivity contribution is 6.30. The third kappa shape index (κ3) is 4.49. The number of benzene rings is 1. The fourth-order valence-corrected chi connectivity index (χ4v) is 2.31. The molecular formula is C14H19ClN2O2. The molecule has 0 unspecified atom stereocenters. The molecule has 104 valence electrons. The van der Waals surface area contributed by atoms with Crippen LogP contribution in [0.2, 0.25) is 5.02 Å². The molecule has 2 rings (SSSR count). The lowest BCUT2D eigenvalue weighted by Gasteiger charge is -2.37. The van der Waals surface area contributed by atoms with Crippen molar-refractivity contribution in [3.05, 3.63) is 29.3 Å². The average molecular weight is 283 g/mol. The molecule has 0 aromatic heterocycles. The Morgan fingerprint density at radius 3 is 2.74 bits per heavy atom. The monoisotopic (exact) mass is 282 g/mol. The molecule has 1 N–H and O–H groups in total. The SMILES string of the molecule is CC1(C)CN(CC(=O)Nc2ccc(Cl)cc2)CCO1. The first-order valence-corrected chi connectivity index (χ1v) is 6.74. The van der Waals surface area contributed by atoms with E-state index in [0.717, 1.165) is 18.8 Å². The van der Waals surface area contributed by atoms with Crippen LogP contribution < -0.4 is 5.32 Å². The standard InChI is InChI=1S/C14H19ClN2O2/c1-14(2)10-17(7-8-19-14)9-13(18)16-12-5-3-11(15)4-6-12/h3-6H,7-10H2,1-2H3,(H,16,18). The molecule has 1 aromatic carbocycles. The Balaban J connectivity index is 1.85. The molecule has 0 radical (unpaired) electrons. The zero-order valence-electron chi connectivity index (χ0n) is 11.3. The van der Waals surface area contributed by atoms with Crippen molar-refractivity contribution in [3.8, 4) is 0 Å². The van der Waals surface area contributed by atoms with E-state index in [1.165, 1.54) is 0 Å². The summed E-state index contributed by atoms with van der Waals surface area (Å²) >= 11 is 5.80. The van der Waals surface area contributed by atoms with E-state index in [2.05, 4.69) is 10.2 Å². The van der Waals surface area contributed by atoms with Gasteiger partial charge < -0.3 is 10.1 Å². The minimum absolute atomic E-state index is 0.0139. The largest absolute Gasteiger partial charge is 0.373 e. The van der Waals surface area contributed by atoms with Gasteiger partial charge in [-0.15, -0.1) is 0 Å². The van der Waals surface area contributed by atoms with Crippen molar-refractivity contribution in [2.75, 3.05) is 31.6 Å². The number of rotatable bonds is 3. The van der Waals surface area contributed by atoms with Crippen LogP contribution in [-0.2, 0) is 9.53 Å². The molecule has 0 spiro atoms. The van der Waals surface area contributed by atoms with Gasteiger partial charge in [-0.25, -0.2) is 0 Å². The van der Waals surface area contributed by atoms with Gasteiger partial charge in [-0.3, -0.25) is 9.69 Å². The lowest BCUT2D eigenvalue weighted by atomic mass is 10.1. The first-order chi connectivity index (χ1) is 8.94. The van der Waals surface area contributed by atoms with Gasteiger partial charge in [-0.2, -0.15) is 0 Å². The molecule has 0 saturated carbocycles. The van der Waals surface area contributed by atoms with Crippen LogP contribution in [0.4, 0.5) is 5.69 Å². The second-order valence-corrected chi connectivity index (χ2v) is 5.81. The number of morpholine rings is 1. The highest BCUT2D eigenvalue weighted by Gasteiger charge is 2.27. The fourth-order valence-electron chi connectivity index (χ4n) is 2.19. The summed E-state index contributed by atoms with van der Waals surface area (Å²) in [5.41, 5.74) is 0.584. The molecule has 0 bridgehead atoms.